The fraction of sp³-hybridized carbons (Fsp3) is 0.500. The summed E-state index contributed by atoms with van der Waals surface area (Å²) in [5.41, 5.74) is 0. The number of hydrogen-bond donors (Lipinski definition) is 1. The van der Waals surface area contributed by atoms with Crippen LogP contribution < -0.4 is 5.32 Å². The van der Waals surface area contributed by atoms with Crippen LogP contribution in [0.25, 0.3) is 0 Å². The second-order valence-electron chi connectivity index (χ2n) is 3.26. The highest BCUT2D eigenvalue weighted by molar-refractivity contribution is 5.88. The fourth-order valence-electron chi connectivity index (χ4n) is 1.21. The second-order valence-corrected chi connectivity index (χ2v) is 3.26. The van der Waals surface area contributed by atoms with E-state index in [0.29, 0.717) is 6.54 Å². The predicted octanol–water partition coefficient (Wildman–Crippen LogP) is -0.0791. The molecule has 15 heavy (non-hydrogen) atoms. The summed E-state index contributed by atoms with van der Waals surface area (Å²) in [5, 5.41) is 2.56. The van der Waals surface area contributed by atoms with Crippen LogP contribution in [-0.2, 0) is 14.3 Å². The number of allylic oxidation sites excluding steroid dienone is 1. The summed E-state index contributed by atoms with van der Waals surface area (Å²) < 4.78 is 4.50. The third kappa shape index (κ3) is 3.19. The van der Waals surface area contributed by atoms with Crippen molar-refractivity contribution >= 4 is 18.1 Å². The van der Waals surface area contributed by atoms with Gasteiger partial charge < -0.3 is 10.1 Å². The first-order chi connectivity index (χ1) is 7.15. The zero-order valence-corrected chi connectivity index (χ0v) is 8.77. The predicted molar refractivity (Wildman–Crippen MR) is 55.6 cm³/mol. The van der Waals surface area contributed by atoms with Crippen molar-refractivity contribution in [3.05, 3.63) is 12.2 Å². The number of carbonyl (C=O) groups is 2. The number of hydrogen-bond acceptors (Lipinski definition) is 4. The van der Waals surface area contributed by atoms with Crippen LogP contribution in [0.2, 0.25) is 0 Å². The molecular formula is C10H14N2O3. The molecule has 5 heteroatoms. The Hall–Kier alpha value is -1.65. The maximum absolute atomic E-state index is 11.6. The van der Waals surface area contributed by atoms with Gasteiger partial charge in [0.25, 0.3) is 0 Å². The van der Waals surface area contributed by atoms with Crippen LogP contribution in [-0.4, -0.2) is 37.8 Å². The first-order valence-corrected chi connectivity index (χ1v) is 4.70. The summed E-state index contributed by atoms with van der Waals surface area (Å²) in [6.07, 6.45) is 5.12. The standard InChI is InChI=1S/C10H14N2O3/c1-7(10(14)15-2)12-9(13)8-4-3-5-11-6-8/h3-5,7-8H,6H2,1-2H3,(H,12,13). The van der Waals surface area contributed by atoms with Gasteiger partial charge >= 0.3 is 5.97 Å². The smallest absolute Gasteiger partial charge is 0.328 e. The number of esters is 1. The highest BCUT2D eigenvalue weighted by Gasteiger charge is 2.21. The molecule has 0 bridgehead atoms. The lowest BCUT2D eigenvalue weighted by Gasteiger charge is -2.16. The molecule has 0 aromatic rings. The maximum atomic E-state index is 11.6. The molecule has 2 atom stereocenters. The van der Waals surface area contributed by atoms with Gasteiger partial charge in [0.15, 0.2) is 0 Å². The second kappa shape index (κ2) is 5.29. The van der Waals surface area contributed by atoms with Crippen molar-refractivity contribution in [2.75, 3.05) is 13.7 Å². The summed E-state index contributed by atoms with van der Waals surface area (Å²) in [4.78, 5) is 26.6. The Bertz CT molecular complexity index is 310. The van der Waals surface area contributed by atoms with Crippen molar-refractivity contribution in [1.82, 2.24) is 5.32 Å². The minimum atomic E-state index is -0.623. The highest BCUT2D eigenvalue weighted by atomic mass is 16.5. The van der Waals surface area contributed by atoms with Crippen LogP contribution in [0.5, 0.6) is 0 Å². The molecule has 2 unspecified atom stereocenters. The zero-order valence-electron chi connectivity index (χ0n) is 8.77. The summed E-state index contributed by atoms with van der Waals surface area (Å²) in [6, 6.07) is -0.623. The van der Waals surface area contributed by atoms with E-state index in [-0.39, 0.29) is 11.8 Å². The number of carbonyl (C=O) groups excluding carboxylic acids is 2. The molecule has 0 aliphatic carbocycles. The number of nitrogens with zero attached hydrogens (tertiary/aromatic N) is 1. The molecule has 0 saturated carbocycles. The number of nitrogens with one attached hydrogen (secondary N) is 1. The van der Waals surface area contributed by atoms with E-state index < -0.39 is 12.0 Å². The molecule has 1 aliphatic heterocycles. The van der Waals surface area contributed by atoms with Crippen LogP contribution >= 0.6 is 0 Å². The molecule has 1 heterocycles. The molecule has 1 aliphatic rings. The van der Waals surface area contributed by atoms with Crippen molar-refractivity contribution in [3.8, 4) is 0 Å². The molecule has 1 N–H and O–H groups in total. The van der Waals surface area contributed by atoms with E-state index in [1.165, 1.54) is 7.11 Å². The molecule has 0 fully saturated rings. The van der Waals surface area contributed by atoms with Gasteiger partial charge in [-0.1, -0.05) is 6.08 Å². The number of aliphatic imine (C=N–C) groups is 1. The highest BCUT2D eigenvalue weighted by Crippen LogP contribution is 2.04. The van der Waals surface area contributed by atoms with Gasteiger partial charge in [-0.3, -0.25) is 9.79 Å². The Labute approximate surface area is 88.2 Å². The molecule has 0 aromatic carbocycles. The zero-order chi connectivity index (χ0) is 11.3. The largest absolute Gasteiger partial charge is 0.467 e. The number of dihydropyridines is 1. The molecule has 0 saturated heterocycles. The molecule has 5 nitrogen and oxygen atoms in total. The first kappa shape index (κ1) is 11.4. The van der Waals surface area contributed by atoms with Crippen molar-refractivity contribution in [2.45, 2.75) is 13.0 Å². The molecular weight excluding hydrogens is 196 g/mol. The number of methoxy groups -OCH3 is 1. The molecule has 1 rings (SSSR count). The summed E-state index contributed by atoms with van der Waals surface area (Å²) >= 11 is 0. The molecule has 0 radical (unpaired) electrons. The number of rotatable bonds is 3. The van der Waals surface area contributed by atoms with Crippen molar-refractivity contribution in [2.24, 2.45) is 10.9 Å². The van der Waals surface area contributed by atoms with Gasteiger partial charge in [-0.05, 0) is 13.0 Å². The lowest BCUT2D eigenvalue weighted by atomic mass is 10.1. The average molecular weight is 210 g/mol. The van der Waals surface area contributed by atoms with Gasteiger partial charge in [-0.2, -0.15) is 0 Å². The van der Waals surface area contributed by atoms with E-state index in [0.717, 1.165) is 0 Å². The van der Waals surface area contributed by atoms with Gasteiger partial charge in [0.2, 0.25) is 5.91 Å². The van der Waals surface area contributed by atoms with Crippen LogP contribution in [0.1, 0.15) is 6.92 Å². The van der Waals surface area contributed by atoms with E-state index in [2.05, 4.69) is 15.0 Å². The Kier molecular flexibility index (Phi) is 4.03. The van der Waals surface area contributed by atoms with Crippen LogP contribution in [0.4, 0.5) is 0 Å². The number of amides is 1. The van der Waals surface area contributed by atoms with Gasteiger partial charge in [0.1, 0.15) is 6.04 Å². The summed E-state index contributed by atoms with van der Waals surface area (Å²) in [7, 11) is 1.29. The summed E-state index contributed by atoms with van der Waals surface area (Å²) in [6.45, 7) is 2.01. The van der Waals surface area contributed by atoms with E-state index in [1.54, 1.807) is 25.3 Å². The minimum Gasteiger partial charge on any atom is -0.467 e. The van der Waals surface area contributed by atoms with Gasteiger partial charge in [-0.15, -0.1) is 0 Å². The van der Waals surface area contributed by atoms with Gasteiger partial charge in [0, 0.05) is 6.21 Å². The van der Waals surface area contributed by atoms with Crippen LogP contribution in [0.3, 0.4) is 0 Å². The minimum absolute atomic E-state index is 0.207. The normalized spacial score (nSPS) is 20.8. The molecule has 0 aromatic heterocycles. The molecule has 82 valence electrons. The fourth-order valence-corrected chi connectivity index (χ4v) is 1.21. The van der Waals surface area contributed by atoms with Gasteiger partial charge in [0.05, 0.1) is 19.6 Å². The van der Waals surface area contributed by atoms with Crippen molar-refractivity contribution in [1.29, 1.82) is 0 Å². The monoisotopic (exact) mass is 210 g/mol. The van der Waals surface area contributed by atoms with E-state index in [1.807, 2.05) is 0 Å². The molecule has 1 amide bonds. The van der Waals surface area contributed by atoms with Gasteiger partial charge in [-0.25, -0.2) is 4.79 Å². The summed E-state index contributed by atoms with van der Waals surface area (Å²) in [5.74, 6) is -0.949. The Morgan fingerprint density at radius 2 is 2.33 bits per heavy atom. The Morgan fingerprint density at radius 1 is 1.60 bits per heavy atom. The average Bonchev–Trinajstić information content (AvgIpc) is 2.29. The topological polar surface area (TPSA) is 67.8 Å². The van der Waals surface area contributed by atoms with E-state index >= 15 is 0 Å². The lowest BCUT2D eigenvalue weighted by molar-refractivity contribution is -0.144. The molecule has 0 spiro atoms. The first-order valence-electron chi connectivity index (χ1n) is 4.70. The van der Waals surface area contributed by atoms with Crippen molar-refractivity contribution in [3.63, 3.8) is 0 Å². The third-order valence-corrected chi connectivity index (χ3v) is 2.09. The van der Waals surface area contributed by atoms with E-state index in [4.69, 9.17) is 0 Å². The van der Waals surface area contributed by atoms with E-state index in [9.17, 15) is 9.59 Å². The Balaban J connectivity index is 2.45. The maximum Gasteiger partial charge on any atom is 0.328 e. The number of ether oxygens (including phenoxy) is 1. The van der Waals surface area contributed by atoms with Crippen LogP contribution in [0.15, 0.2) is 17.1 Å². The lowest BCUT2D eigenvalue weighted by Crippen LogP contribution is -2.42. The Morgan fingerprint density at radius 3 is 2.87 bits per heavy atom. The third-order valence-electron chi connectivity index (χ3n) is 2.09. The SMILES string of the molecule is COC(=O)C(C)NC(=O)C1C=CC=NC1. The quantitative estimate of drug-likeness (QED) is 0.662. The van der Waals surface area contributed by atoms with Crippen LogP contribution in [0, 0.1) is 5.92 Å². The van der Waals surface area contributed by atoms with Crippen molar-refractivity contribution < 1.29 is 14.3 Å².